The number of rotatable bonds is 4. The van der Waals surface area contributed by atoms with Crippen molar-refractivity contribution in [3.05, 3.63) is 30.3 Å². The molecule has 1 aromatic carbocycles. The van der Waals surface area contributed by atoms with Crippen molar-refractivity contribution in [2.45, 2.75) is 63.5 Å². The van der Waals surface area contributed by atoms with Crippen molar-refractivity contribution in [2.24, 2.45) is 10.8 Å². The van der Waals surface area contributed by atoms with Crippen LogP contribution in [0.1, 0.15) is 51.4 Å². The molecule has 0 spiro atoms. The molecule has 1 aromatic rings. The summed E-state index contributed by atoms with van der Waals surface area (Å²) in [5, 5.41) is 5.87. The van der Waals surface area contributed by atoms with Crippen LogP contribution >= 0.6 is 0 Å². The molecule has 1 heterocycles. The number of nitrogens with two attached hydrogens (primary N) is 1. The van der Waals surface area contributed by atoms with E-state index in [9.17, 15) is 9.59 Å². The summed E-state index contributed by atoms with van der Waals surface area (Å²) in [5.41, 5.74) is 6.51. The Morgan fingerprint density at radius 3 is 2.32 bits per heavy atom. The van der Waals surface area contributed by atoms with Crippen LogP contribution in [-0.2, 0) is 14.3 Å². The van der Waals surface area contributed by atoms with Gasteiger partial charge in [0.15, 0.2) is 0 Å². The Labute approximate surface area is 148 Å². The van der Waals surface area contributed by atoms with Crippen molar-refractivity contribution in [3.8, 4) is 0 Å². The fourth-order valence-corrected chi connectivity index (χ4v) is 3.43. The molecule has 2 N–H and O–H groups in total. The van der Waals surface area contributed by atoms with Crippen LogP contribution in [0, 0.1) is 0 Å². The van der Waals surface area contributed by atoms with Crippen molar-refractivity contribution in [2.75, 3.05) is 5.01 Å². The number of ether oxygens (including phenoxy) is 1. The summed E-state index contributed by atoms with van der Waals surface area (Å²) < 4.78 is 5.67. The summed E-state index contributed by atoms with van der Waals surface area (Å²) in [7, 11) is 0. The van der Waals surface area contributed by atoms with Crippen LogP contribution < -0.4 is 10.7 Å². The highest BCUT2D eigenvalue weighted by Crippen LogP contribution is 2.26. The van der Waals surface area contributed by atoms with Crippen LogP contribution in [0.3, 0.4) is 0 Å². The maximum atomic E-state index is 12.5. The monoisotopic (exact) mass is 343 g/mol. The lowest BCUT2D eigenvalue weighted by Gasteiger charge is -2.20. The summed E-state index contributed by atoms with van der Waals surface area (Å²) in [5.74, 6) is -0.920. The first-order valence-electron chi connectivity index (χ1n) is 9.07. The molecule has 6 heteroatoms. The molecule has 0 saturated heterocycles. The van der Waals surface area contributed by atoms with Gasteiger partial charge in [0.1, 0.15) is 17.9 Å². The molecule has 6 nitrogen and oxygen atoms in total. The number of nitrogens with zero attached hydrogens (tertiary/aromatic N) is 2. The standard InChI is InChI=1S/C19H25N3O3/c20-18(23)17-13-16(21-22(17)14-9-5-4-6-10-14)19(24)25-15-11-7-2-1-3-8-12-15/h4-6,9-10,15,17H,1-3,7-8,11-13H2,(H2,20,23)/t17-/m0/s1. The molecule has 0 radical (unpaired) electrons. The van der Waals surface area contributed by atoms with E-state index >= 15 is 0 Å². The number of primary amides is 1. The van der Waals surface area contributed by atoms with Crippen molar-refractivity contribution in [1.82, 2.24) is 0 Å². The molecule has 1 fully saturated rings. The van der Waals surface area contributed by atoms with Gasteiger partial charge in [-0.15, -0.1) is 0 Å². The summed E-state index contributed by atoms with van der Waals surface area (Å²) in [6.45, 7) is 0. The van der Waals surface area contributed by atoms with E-state index in [0.717, 1.165) is 31.4 Å². The zero-order valence-corrected chi connectivity index (χ0v) is 14.4. The number of esters is 1. The number of para-hydroxylation sites is 1. The zero-order valence-electron chi connectivity index (χ0n) is 14.4. The predicted molar refractivity (Wildman–Crippen MR) is 96.2 cm³/mol. The van der Waals surface area contributed by atoms with Crippen LogP contribution in [0.4, 0.5) is 5.69 Å². The highest BCUT2D eigenvalue weighted by molar-refractivity contribution is 6.38. The molecule has 3 rings (SSSR count). The molecule has 1 amide bonds. The number of anilines is 1. The molecule has 1 aliphatic heterocycles. The number of hydrogen-bond donors (Lipinski definition) is 1. The van der Waals surface area contributed by atoms with E-state index in [1.165, 1.54) is 24.3 Å². The average Bonchev–Trinajstić information content (AvgIpc) is 3.04. The number of carbonyl (C=O) groups excluding carboxylic acids is 2. The number of amides is 1. The van der Waals surface area contributed by atoms with Gasteiger partial charge in [-0.3, -0.25) is 9.80 Å². The van der Waals surface area contributed by atoms with Crippen LogP contribution in [-0.4, -0.2) is 29.7 Å². The summed E-state index contributed by atoms with van der Waals surface area (Å²) >= 11 is 0. The maximum absolute atomic E-state index is 12.5. The lowest BCUT2D eigenvalue weighted by molar-refractivity contribution is -0.141. The van der Waals surface area contributed by atoms with E-state index in [4.69, 9.17) is 10.5 Å². The van der Waals surface area contributed by atoms with E-state index in [2.05, 4.69) is 5.10 Å². The fraction of sp³-hybridized carbons (Fsp3) is 0.526. The van der Waals surface area contributed by atoms with Gasteiger partial charge in [-0.05, 0) is 37.8 Å². The largest absolute Gasteiger partial charge is 0.458 e. The SMILES string of the molecule is NC(=O)[C@@H]1CC(C(=O)OC2CCCCCCC2)=NN1c1ccccc1. The van der Waals surface area contributed by atoms with E-state index in [-0.39, 0.29) is 18.2 Å². The Balaban J connectivity index is 1.70. The number of carbonyl (C=O) groups is 2. The second kappa shape index (κ2) is 8.14. The van der Waals surface area contributed by atoms with Gasteiger partial charge in [0, 0.05) is 6.42 Å². The molecule has 0 aromatic heterocycles. The Kier molecular flexibility index (Phi) is 5.68. The molecule has 1 atom stereocenters. The Morgan fingerprint density at radius 2 is 1.68 bits per heavy atom. The first-order valence-corrected chi connectivity index (χ1v) is 9.07. The van der Waals surface area contributed by atoms with Gasteiger partial charge < -0.3 is 10.5 Å². The lowest BCUT2D eigenvalue weighted by Crippen LogP contribution is -2.39. The summed E-state index contributed by atoms with van der Waals surface area (Å²) in [6, 6.07) is 8.61. The first-order chi connectivity index (χ1) is 12.1. The Bertz CT molecular complexity index is 637. The molecule has 1 aliphatic carbocycles. The van der Waals surface area contributed by atoms with Crippen molar-refractivity contribution < 1.29 is 14.3 Å². The van der Waals surface area contributed by atoms with Crippen molar-refractivity contribution in [3.63, 3.8) is 0 Å². The van der Waals surface area contributed by atoms with Crippen LogP contribution in [0.25, 0.3) is 0 Å². The van der Waals surface area contributed by atoms with Crippen LogP contribution in [0.2, 0.25) is 0 Å². The third kappa shape index (κ3) is 4.38. The number of hydrazone groups is 1. The normalized spacial score (nSPS) is 22.0. The predicted octanol–water partition coefficient (Wildman–Crippen LogP) is 2.76. The Hall–Kier alpha value is -2.37. The third-order valence-electron chi connectivity index (χ3n) is 4.82. The molecular weight excluding hydrogens is 318 g/mol. The molecule has 1 saturated carbocycles. The molecule has 0 unspecified atom stereocenters. The van der Waals surface area contributed by atoms with E-state index < -0.39 is 17.9 Å². The maximum Gasteiger partial charge on any atom is 0.354 e. The van der Waals surface area contributed by atoms with Gasteiger partial charge >= 0.3 is 5.97 Å². The minimum absolute atomic E-state index is 0.0479. The van der Waals surface area contributed by atoms with Gasteiger partial charge in [-0.1, -0.05) is 37.5 Å². The van der Waals surface area contributed by atoms with Crippen molar-refractivity contribution in [1.29, 1.82) is 0 Å². The third-order valence-corrected chi connectivity index (χ3v) is 4.82. The van der Waals surface area contributed by atoms with Crippen LogP contribution in [0.15, 0.2) is 35.4 Å². The topological polar surface area (TPSA) is 85.0 Å². The highest BCUT2D eigenvalue weighted by Gasteiger charge is 2.36. The quantitative estimate of drug-likeness (QED) is 0.852. The molecular formula is C19H25N3O3. The van der Waals surface area contributed by atoms with Crippen LogP contribution in [0.5, 0.6) is 0 Å². The van der Waals surface area contributed by atoms with E-state index in [1.54, 1.807) is 0 Å². The minimum atomic E-state index is -0.651. The van der Waals surface area contributed by atoms with Crippen molar-refractivity contribution >= 4 is 23.3 Å². The molecule has 25 heavy (non-hydrogen) atoms. The van der Waals surface area contributed by atoms with Gasteiger partial charge in [0.25, 0.3) is 0 Å². The lowest BCUT2D eigenvalue weighted by atomic mass is 9.98. The summed E-state index contributed by atoms with van der Waals surface area (Å²) in [6.07, 6.45) is 7.78. The van der Waals surface area contributed by atoms with E-state index in [1.807, 2.05) is 30.3 Å². The smallest absolute Gasteiger partial charge is 0.354 e. The molecule has 134 valence electrons. The number of benzene rings is 1. The van der Waals surface area contributed by atoms with Gasteiger partial charge in [0.05, 0.1) is 5.69 Å². The summed E-state index contributed by atoms with van der Waals surface area (Å²) in [4.78, 5) is 24.3. The fourth-order valence-electron chi connectivity index (χ4n) is 3.43. The zero-order chi connectivity index (χ0) is 17.6. The van der Waals surface area contributed by atoms with E-state index in [0.29, 0.717) is 0 Å². The Morgan fingerprint density at radius 1 is 1.04 bits per heavy atom. The second-order valence-corrected chi connectivity index (χ2v) is 6.72. The average molecular weight is 343 g/mol. The van der Waals surface area contributed by atoms with Gasteiger partial charge in [0.2, 0.25) is 5.91 Å². The second-order valence-electron chi connectivity index (χ2n) is 6.72. The molecule has 0 bridgehead atoms. The number of hydrogen-bond acceptors (Lipinski definition) is 5. The minimum Gasteiger partial charge on any atom is -0.458 e. The molecule has 2 aliphatic rings. The van der Waals surface area contributed by atoms with Gasteiger partial charge in [-0.2, -0.15) is 5.10 Å². The first kappa shape index (κ1) is 17.5. The highest BCUT2D eigenvalue weighted by atomic mass is 16.5. The van der Waals surface area contributed by atoms with Gasteiger partial charge in [-0.25, -0.2) is 4.79 Å².